The van der Waals surface area contributed by atoms with Gasteiger partial charge in [-0.1, -0.05) is 41.5 Å². The molecule has 0 aromatic heterocycles. The van der Waals surface area contributed by atoms with Crippen molar-refractivity contribution in [2.75, 3.05) is 39.6 Å². The van der Waals surface area contributed by atoms with Gasteiger partial charge in [0.1, 0.15) is 0 Å². The van der Waals surface area contributed by atoms with Gasteiger partial charge in [-0.05, 0) is 30.1 Å². The first-order valence-electron chi connectivity index (χ1n) is 7.94. The second-order valence-electron chi connectivity index (χ2n) is 7.81. The van der Waals surface area contributed by atoms with Gasteiger partial charge in [0.15, 0.2) is 0 Å². The molecule has 0 aromatic carbocycles. The van der Waals surface area contributed by atoms with Crippen LogP contribution < -0.4 is 0 Å². The van der Waals surface area contributed by atoms with E-state index in [9.17, 15) is 0 Å². The average Bonchev–Trinajstić information content (AvgIpc) is 2.27. The van der Waals surface area contributed by atoms with E-state index in [4.69, 9.17) is 14.2 Å². The van der Waals surface area contributed by atoms with Crippen LogP contribution in [-0.2, 0) is 14.2 Å². The zero-order valence-electron chi connectivity index (χ0n) is 14.6. The summed E-state index contributed by atoms with van der Waals surface area (Å²) in [7, 11) is 0. The van der Waals surface area contributed by atoms with E-state index in [0.717, 1.165) is 26.1 Å². The van der Waals surface area contributed by atoms with Crippen LogP contribution in [0.5, 0.6) is 0 Å². The highest BCUT2D eigenvalue weighted by Crippen LogP contribution is 2.20. The van der Waals surface area contributed by atoms with Gasteiger partial charge in [-0.25, -0.2) is 0 Å². The lowest BCUT2D eigenvalue weighted by Gasteiger charge is -2.17. The smallest absolute Gasteiger partial charge is 0.0701 e. The van der Waals surface area contributed by atoms with Crippen molar-refractivity contribution in [3.8, 4) is 0 Å². The minimum Gasteiger partial charge on any atom is -0.379 e. The number of hydrogen-bond acceptors (Lipinski definition) is 3. The molecule has 20 heavy (non-hydrogen) atoms. The molecule has 0 heterocycles. The van der Waals surface area contributed by atoms with Gasteiger partial charge in [0.25, 0.3) is 0 Å². The normalized spacial score (nSPS) is 12.9. The van der Waals surface area contributed by atoms with E-state index in [2.05, 4.69) is 41.5 Å². The van der Waals surface area contributed by atoms with Crippen molar-refractivity contribution >= 4 is 0 Å². The monoisotopic (exact) mass is 288 g/mol. The summed E-state index contributed by atoms with van der Waals surface area (Å²) in [5, 5.41) is 0. The van der Waals surface area contributed by atoms with Crippen molar-refractivity contribution in [3.05, 3.63) is 0 Å². The first-order chi connectivity index (χ1) is 9.21. The van der Waals surface area contributed by atoms with Crippen LogP contribution in [0.15, 0.2) is 0 Å². The summed E-state index contributed by atoms with van der Waals surface area (Å²) < 4.78 is 16.5. The first kappa shape index (κ1) is 19.9. The second-order valence-corrected chi connectivity index (χ2v) is 7.81. The van der Waals surface area contributed by atoms with Gasteiger partial charge < -0.3 is 14.2 Å². The molecule has 0 aromatic rings. The third kappa shape index (κ3) is 17.9. The Bertz CT molecular complexity index is 189. The zero-order valence-corrected chi connectivity index (χ0v) is 14.6. The standard InChI is InChI=1S/C17H36O3/c1-16(2,3)8-7-10-18-12-14-20-15-13-19-11-9-17(4,5)6/h7-15H2,1-6H3. The van der Waals surface area contributed by atoms with Gasteiger partial charge in [-0.2, -0.15) is 0 Å². The molecular weight excluding hydrogens is 252 g/mol. The summed E-state index contributed by atoms with van der Waals surface area (Å²) in [6, 6.07) is 0. The van der Waals surface area contributed by atoms with E-state index in [1.54, 1.807) is 0 Å². The number of rotatable bonds is 11. The van der Waals surface area contributed by atoms with Crippen LogP contribution >= 0.6 is 0 Å². The zero-order chi connectivity index (χ0) is 15.5. The van der Waals surface area contributed by atoms with Gasteiger partial charge in [-0.3, -0.25) is 0 Å². The largest absolute Gasteiger partial charge is 0.379 e. The maximum absolute atomic E-state index is 5.54. The summed E-state index contributed by atoms with van der Waals surface area (Å²) in [5.74, 6) is 0. The molecule has 0 spiro atoms. The summed E-state index contributed by atoms with van der Waals surface area (Å²) in [6.45, 7) is 17.8. The van der Waals surface area contributed by atoms with Crippen LogP contribution in [0.4, 0.5) is 0 Å². The van der Waals surface area contributed by atoms with Crippen molar-refractivity contribution < 1.29 is 14.2 Å². The maximum atomic E-state index is 5.54. The van der Waals surface area contributed by atoms with Crippen LogP contribution in [0.1, 0.15) is 60.8 Å². The molecule has 0 bridgehead atoms. The molecule has 3 heteroatoms. The lowest BCUT2D eigenvalue weighted by Crippen LogP contribution is -2.13. The quantitative estimate of drug-likeness (QED) is 0.531. The molecule has 0 unspecified atom stereocenters. The van der Waals surface area contributed by atoms with Crippen molar-refractivity contribution in [1.29, 1.82) is 0 Å². The summed E-state index contributed by atoms with van der Waals surface area (Å²) >= 11 is 0. The molecule has 0 amide bonds. The lowest BCUT2D eigenvalue weighted by atomic mass is 9.91. The third-order valence-electron chi connectivity index (χ3n) is 2.96. The minimum atomic E-state index is 0.349. The Morgan fingerprint density at radius 1 is 0.500 bits per heavy atom. The summed E-state index contributed by atoms with van der Waals surface area (Å²) in [6.07, 6.45) is 3.42. The van der Waals surface area contributed by atoms with E-state index in [1.165, 1.54) is 6.42 Å². The molecule has 0 atom stereocenters. The summed E-state index contributed by atoms with van der Waals surface area (Å²) in [4.78, 5) is 0. The fourth-order valence-corrected chi connectivity index (χ4v) is 1.62. The fourth-order valence-electron chi connectivity index (χ4n) is 1.62. The molecule has 0 aliphatic heterocycles. The Kier molecular flexibility index (Phi) is 10.5. The predicted octanol–water partition coefficient (Wildman–Crippen LogP) is 4.30. The highest BCUT2D eigenvalue weighted by atomic mass is 16.5. The molecule has 0 fully saturated rings. The molecule has 0 rings (SSSR count). The molecule has 0 radical (unpaired) electrons. The van der Waals surface area contributed by atoms with Gasteiger partial charge in [0.05, 0.1) is 26.4 Å². The first-order valence-corrected chi connectivity index (χ1v) is 7.94. The fraction of sp³-hybridized carbons (Fsp3) is 1.00. The van der Waals surface area contributed by atoms with Crippen molar-refractivity contribution in [2.45, 2.75) is 60.8 Å². The van der Waals surface area contributed by atoms with E-state index in [0.29, 0.717) is 37.3 Å². The Balaban J connectivity index is 3.10. The topological polar surface area (TPSA) is 27.7 Å². The predicted molar refractivity (Wildman–Crippen MR) is 85.2 cm³/mol. The molecule has 0 N–H and O–H groups in total. The van der Waals surface area contributed by atoms with Crippen molar-refractivity contribution in [2.24, 2.45) is 10.8 Å². The minimum absolute atomic E-state index is 0.349. The number of ether oxygens (including phenoxy) is 3. The summed E-state index contributed by atoms with van der Waals surface area (Å²) in [5.41, 5.74) is 0.756. The molecule has 3 nitrogen and oxygen atoms in total. The second kappa shape index (κ2) is 10.6. The van der Waals surface area contributed by atoms with E-state index in [-0.39, 0.29) is 0 Å². The van der Waals surface area contributed by atoms with Crippen molar-refractivity contribution in [3.63, 3.8) is 0 Å². The highest BCUT2D eigenvalue weighted by molar-refractivity contribution is 4.60. The molecule has 0 saturated heterocycles. The van der Waals surface area contributed by atoms with Crippen LogP contribution in [0.2, 0.25) is 0 Å². The lowest BCUT2D eigenvalue weighted by molar-refractivity contribution is 0.00905. The van der Waals surface area contributed by atoms with Gasteiger partial charge in [0, 0.05) is 13.2 Å². The van der Waals surface area contributed by atoms with Crippen LogP contribution in [0.25, 0.3) is 0 Å². The number of hydrogen-bond donors (Lipinski definition) is 0. The Labute approximate surface area is 126 Å². The molecule has 0 saturated carbocycles. The van der Waals surface area contributed by atoms with Gasteiger partial charge in [0.2, 0.25) is 0 Å². The van der Waals surface area contributed by atoms with Gasteiger partial charge >= 0.3 is 0 Å². The van der Waals surface area contributed by atoms with Crippen molar-refractivity contribution in [1.82, 2.24) is 0 Å². The highest BCUT2D eigenvalue weighted by Gasteiger charge is 2.09. The Morgan fingerprint density at radius 2 is 0.900 bits per heavy atom. The van der Waals surface area contributed by atoms with Crippen LogP contribution in [0.3, 0.4) is 0 Å². The molecule has 0 aliphatic rings. The van der Waals surface area contributed by atoms with Crippen LogP contribution in [0, 0.1) is 10.8 Å². The van der Waals surface area contributed by atoms with E-state index >= 15 is 0 Å². The van der Waals surface area contributed by atoms with Crippen LogP contribution in [-0.4, -0.2) is 39.6 Å². The third-order valence-corrected chi connectivity index (χ3v) is 2.96. The van der Waals surface area contributed by atoms with E-state index < -0.39 is 0 Å². The maximum Gasteiger partial charge on any atom is 0.0701 e. The molecule has 0 aliphatic carbocycles. The average molecular weight is 288 g/mol. The Hall–Kier alpha value is -0.120. The molecule has 122 valence electrons. The Morgan fingerprint density at radius 3 is 1.35 bits per heavy atom. The SMILES string of the molecule is CC(C)(C)CCCOCCOCCOCCC(C)(C)C. The van der Waals surface area contributed by atoms with E-state index in [1.807, 2.05) is 0 Å². The molecular formula is C17H36O3. The van der Waals surface area contributed by atoms with Gasteiger partial charge in [-0.15, -0.1) is 0 Å².